The van der Waals surface area contributed by atoms with Crippen molar-refractivity contribution in [3.8, 4) is 0 Å². The number of carbonyl (C=O) groups is 1. The third-order valence-corrected chi connectivity index (χ3v) is 4.99. The molecule has 0 aliphatic carbocycles. The Kier molecular flexibility index (Phi) is 7.74. The second kappa shape index (κ2) is 10.1. The highest BCUT2D eigenvalue weighted by Gasteiger charge is 2.34. The Hall–Kier alpha value is -1.67. The lowest BCUT2D eigenvalue weighted by Gasteiger charge is -2.38. The summed E-state index contributed by atoms with van der Waals surface area (Å²) < 4.78 is 18.3. The average Bonchev–Trinajstić information content (AvgIpc) is 2.66. The molecule has 1 aliphatic heterocycles. The first-order valence-corrected chi connectivity index (χ1v) is 10.9. The quantitative estimate of drug-likeness (QED) is 0.518. The highest BCUT2D eigenvalue weighted by molar-refractivity contribution is 9.10. The van der Waals surface area contributed by atoms with E-state index in [1.54, 1.807) is 11.0 Å². The van der Waals surface area contributed by atoms with E-state index in [2.05, 4.69) is 20.9 Å². The van der Waals surface area contributed by atoms with Crippen molar-refractivity contribution < 1.29 is 19.0 Å². The molecule has 6 nitrogen and oxygen atoms in total. The van der Waals surface area contributed by atoms with Crippen molar-refractivity contribution in [2.24, 2.45) is 0 Å². The van der Waals surface area contributed by atoms with E-state index >= 15 is 0 Å². The van der Waals surface area contributed by atoms with Crippen LogP contribution in [-0.2, 0) is 20.8 Å². The van der Waals surface area contributed by atoms with Gasteiger partial charge in [0.15, 0.2) is 0 Å². The monoisotopic (exact) mass is 496 g/mol. The maximum absolute atomic E-state index is 12.7. The van der Waals surface area contributed by atoms with Gasteiger partial charge in [0.05, 0.1) is 32.4 Å². The van der Waals surface area contributed by atoms with Gasteiger partial charge in [-0.1, -0.05) is 41.9 Å². The van der Waals surface area contributed by atoms with Crippen LogP contribution in [0.5, 0.6) is 0 Å². The van der Waals surface area contributed by atoms with Gasteiger partial charge in [-0.15, -0.1) is 0 Å². The molecule has 1 aliphatic rings. The highest BCUT2D eigenvalue weighted by Crippen LogP contribution is 2.29. The maximum Gasteiger partial charge on any atom is 0.410 e. The van der Waals surface area contributed by atoms with Gasteiger partial charge in [-0.3, -0.25) is 0 Å². The van der Waals surface area contributed by atoms with Gasteiger partial charge in [0.2, 0.25) is 0 Å². The van der Waals surface area contributed by atoms with E-state index in [1.165, 1.54) is 0 Å². The molecule has 2 atom stereocenters. The normalized spacial score (nSPS) is 19.6. The van der Waals surface area contributed by atoms with Gasteiger partial charge in [-0.05, 0) is 60.0 Å². The van der Waals surface area contributed by atoms with Gasteiger partial charge >= 0.3 is 6.09 Å². The Morgan fingerprint density at radius 3 is 2.67 bits per heavy atom. The second-order valence-corrected chi connectivity index (χ2v) is 9.38. The van der Waals surface area contributed by atoms with Gasteiger partial charge in [0.1, 0.15) is 21.5 Å². The first kappa shape index (κ1) is 23.0. The molecule has 1 aromatic carbocycles. The Balaban J connectivity index is 1.71. The highest BCUT2D eigenvalue weighted by atomic mass is 79.9. The minimum atomic E-state index is -0.576. The number of carbonyl (C=O) groups excluding carboxylic acids is 1. The first-order chi connectivity index (χ1) is 14.2. The van der Waals surface area contributed by atoms with Gasteiger partial charge in [-0.2, -0.15) is 0 Å². The summed E-state index contributed by atoms with van der Waals surface area (Å²) >= 11 is 9.48. The van der Waals surface area contributed by atoms with Crippen LogP contribution >= 0.6 is 27.5 Å². The number of morpholine rings is 1. The SMILES string of the molecule is CC(C)(C)OC(=O)N1C[C@@H](COCc2ccccc2)O[C@H](c2cc(Cl)nc(Br)c2)C1. The zero-order valence-corrected chi connectivity index (χ0v) is 19.6. The van der Waals surface area contributed by atoms with Crippen LogP contribution < -0.4 is 0 Å². The van der Waals surface area contributed by atoms with Crippen LogP contribution in [0.25, 0.3) is 0 Å². The molecule has 1 fully saturated rings. The van der Waals surface area contributed by atoms with Crippen LogP contribution in [-0.4, -0.2) is 47.4 Å². The molecule has 1 amide bonds. The topological polar surface area (TPSA) is 60.9 Å². The van der Waals surface area contributed by atoms with Crippen molar-refractivity contribution in [3.63, 3.8) is 0 Å². The van der Waals surface area contributed by atoms with E-state index in [-0.39, 0.29) is 18.3 Å². The predicted octanol–water partition coefficient (Wildman–Crippen LogP) is 5.39. The van der Waals surface area contributed by atoms with Crippen LogP contribution in [0.1, 0.15) is 38.0 Å². The summed E-state index contributed by atoms with van der Waals surface area (Å²) in [6, 6.07) is 13.5. The van der Waals surface area contributed by atoms with Crippen LogP contribution in [0.3, 0.4) is 0 Å². The molecule has 0 spiro atoms. The molecule has 0 N–H and O–H groups in total. The van der Waals surface area contributed by atoms with Crippen molar-refractivity contribution in [3.05, 3.63) is 63.3 Å². The van der Waals surface area contributed by atoms with Crippen molar-refractivity contribution >= 4 is 33.6 Å². The minimum absolute atomic E-state index is 0.300. The molecular formula is C22H26BrClN2O4. The fourth-order valence-electron chi connectivity index (χ4n) is 3.14. The zero-order chi connectivity index (χ0) is 21.7. The molecule has 30 heavy (non-hydrogen) atoms. The summed E-state index contributed by atoms with van der Waals surface area (Å²) in [7, 11) is 0. The molecule has 2 heterocycles. The number of nitrogens with zero attached hydrogens (tertiary/aromatic N) is 2. The van der Waals surface area contributed by atoms with Gasteiger partial charge in [0, 0.05) is 0 Å². The minimum Gasteiger partial charge on any atom is -0.444 e. The van der Waals surface area contributed by atoms with Gasteiger partial charge < -0.3 is 19.1 Å². The molecule has 0 unspecified atom stereocenters. The van der Waals surface area contributed by atoms with E-state index < -0.39 is 5.60 Å². The molecule has 1 aromatic heterocycles. The molecule has 0 saturated carbocycles. The molecule has 2 aromatic rings. The summed E-state index contributed by atoms with van der Waals surface area (Å²) in [6.45, 7) is 7.13. The lowest BCUT2D eigenvalue weighted by molar-refractivity contribution is -0.116. The Morgan fingerprint density at radius 1 is 1.27 bits per heavy atom. The molecule has 1 saturated heterocycles. The number of rotatable bonds is 5. The van der Waals surface area contributed by atoms with Gasteiger partial charge in [-0.25, -0.2) is 9.78 Å². The van der Waals surface area contributed by atoms with Crippen molar-refractivity contribution in [2.45, 2.75) is 45.2 Å². The number of pyridine rings is 1. The summed E-state index contributed by atoms with van der Waals surface area (Å²) in [5.74, 6) is 0. The number of amides is 1. The van der Waals surface area contributed by atoms with E-state index in [0.717, 1.165) is 11.1 Å². The van der Waals surface area contributed by atoms with E-state index in [0.29, 0.717) is 36.1 Å². The van der Waals surface area contributed by atoms with Gasteiger partial charge in [0.25, 0.3) is 0 Å². The summed E-state index contributed by atoms with van der Waals surface area (Å²) in [5, 5.41) is 0.356. The van der Waals surface area contributed by atoms with Crippen LogP contribution in [0.15, 0.2) is 47.1 Å². The standard InChI is InChI=1S/C22H26BrClN2O4/c1-22(2,3)30-21(27)26-11-17(14-28-13-15-7-5-4-6-8-15)29-18(12-26)16-9-19(23)25-20(24)10-16/h4-10,17-18H,11-14H2,1-3H3/t17-,18-/m0/s1. The Labute approximate surface area is 190 Å². The molecule has 8 heteroatoms. The third-order valence-electron chi connectivity index (χ3n) is 4.39. The Morgan fingerprint density at radius 2 is 2.00 bits per heavy atom. The number of hydrogen-bond acceptors (Lipinski definition) is 5. The van der Waals surface area contributed by atoms with Crippen molar-refractivity contribution in [1.29, 1.82) is 0 Å². The van der Waals surface area contributed by atoms with E-state index in [9.17, 15) is 4.79 Å². The lowest BCUT2D eigenvalue weighted by Crippen LogP contribution is -2.49. The molecule has 0 bridgehead atoms. The maximum atomic E-state index is 12.7. The number of ether oxygens (including phenoxy) is 3. The predicted molar refractivity (Wildman–Crippen MR) is 118 cm³/mol. The largest absolute Gasteiger partial charge is 0.444 e. The Bertz CT molecular complexity index is 840. The van der Waals surface area contributed by atoms with Crippen molar-refractivity contribution in [2.75, 3.05) is 19.7 Å². The molecule has 0 radical (unpaired) electrons. The number of aromatic nitrogens is 1. The average molecular weight is 498 g/mol. The number of hydrogen-bond donors (Lipinski definition) is 0. The van der Waals surface area contributed by atoms with Crippen LogP contribution in [0.4, 0.5) is 4.79 Å². The third kappa shape index (κ3) is 6.94. The summed E-state index contributed by atoms with van der Waals surface area (Å²) in [5.41, 5.74) is 1.34. The second-order valence-electron chi connectivity index (χ2n) is 8.18. The van der Waals surface area contributed by atoms with Crippen molar-refractivity contribution in [1.82, 2.24) is 9.88 Å². The zero-order valence-electron chi connectivity index (χ0n) is 17.3. The number of benzene rings is 1. The fourth-order valence-corrected chi connectivity index (χ4v) is 3.92. The summed E-state index contributed by atoms with van der Waals surface area (Å²) in [6.07, 6.45) is -1.04. The summed E-state index contributed by atoms with van der Waals surface area (Å²) in [4.78, 5) is 18.5. The molecular weight excluding hydrogens is 472 g/mol. The van der Waals surface area contributed by atoms with Crippen LogP contribution in [0, 0.1) is 0 Å². The van der Waals surface area contributed by atoms with E-state index in [4.69, 9.17) is 25.8 Å². The lowest BCUT2D eigenvalue weighted by atomic mass is 10.1. The van der Waals surface area contributed by atoms with E-state index in [1.807, 2.05) is 57.2 Å². The fraction of sp³-hybridized carbons (Fsp3) is 0.455. The first-order valence-electron chi connectivity index (χ1n) is 9.77. The smallest absolute Gasteiger partial charge is 0.410 e. The van der Waals surface area contributed by atoms with Crippen LogP contribution in [0.2, 0.25) is 5.15 Å². The molecule has 3 rings (SSSR count). The molecule has 162 valence electrons. The number of halogens is 2.